The monoisotopic (exact) mass is 779 g/mol. The van der Waals surface area contributed by atoms with E-state index in [2.05, 4.69) is 34.4 Å². The van der Waals surface area contributed by atoms with Gasteiger partial charge in [0, 0.05) is 30.4 Å². The van der Waals surface area contributed by atoms with Gasteiger partial charge >= 0.3 is 5.97 Å². The van der Waals surface area contributed by atoms with Crippen molar-refractivity contribution in [1.82, 2.24) is 15.1 Å². The number of aliphatic hydroxyl groups excluding tert-OH is 1. The Bertz CT molecular complexity index is 1620. The molecule has 5 rings (SSSR count). The second-order valence-electron chi connectivity index (χ2n) is 14.7. The predicted molar refractivity (Wildman–Crippen MR) is 199 cm³/mol. The van der Waals surface area contributed by atoms with Crippen molar-refractivity contribution in [3.8, 4) is 0 Å². The summed E-state index contributed by atoms with van der Waals surface area (Å²) in [6.07, 6.45) is 2.46. The number of nitrogens with one attached hydrogen (secondary N) is 1. The molecular weight excluding hydrogens is 730 g/mol. The molecular formula is C40H50BrN3O8. The molecule has 0 radical (unpaired) electrons. The highest BCUT2D eigenvalue weighted by atomic mass is 79.9. The smallest absolute Gasteiger partial charge is 0.313 e. The van der Waals surface area contributed by atoms with E-state index in [1.165, 1.54) is 12.0 Å². The highest BCUT2D eigenvalue weighted by Gasteiger charge is 2.78. The number of rotatable bonds is 16. The SMILES string of the molecule is C=CCCC(=O)N[C@H](COC)[C@H](OC(=O)[C@H]1[C@@H]2O[C@@]3(CC2Br)[C@@H]1C(=O)N([C@H](CO)c1ccccc1)[C@@H]3C(=O)N(CC=C)C(C)(C)C)c1ccccc1. The molecule has 2 bridgehead atoms. The van der Waals surface area contributed by atoms with Gasteiger partial charge in [-0.3, -0.25) is 19.2 Å². The highest BCUT2D eigenvalue weighted by Crippen LogP contribution is 2.61. The van der Waals surface area contributed by atoms with Gasteiger partial charge in [0.05, 0.1) is 43.2 Å². The summed E-state index contributed by atoms with van der Waals surface area (Å²) >= 11 is 3.74. The summed E-state index contributed by atoms with van der Waals surface area (Å²) in [5.41, 5.74) is -0.801. The molecule has 3 aliphatic heterocycles. The summed E-state index contributed by atoms with van der Waals surface area (Å²) in [5, 5.41) is 13.8. The van der Waals surface area contributed by atoms with Crippen LogP contribution in [0.25, 0.3) is 0 Å². The van der Waals surface area contributed by atoms with Gasteiger partial charge in [-0.1, -0.05) is 88.7 Å². The number of carbonyl (C=O) groups is 4. The Morgan fingerprint density at radius 2 is 1.73 bits per heavy atom. The van der Waals surface area contributed by atoms with E-state index in [1.807, 2.05) is 32.9 Å². The fraction of sp³-hybridized carbons (Fsp3) is 0.500. The Hall–Kier alpha value is -3.84. The molecule has 52 heavy (non-hydrogen) atoms. The summed E-state index contributed by atoms with van der Waals surface area (Å²) in [4.78, 5) is 60.2. The first-order chi connectivity index (χ1) is 24.8. The Morgan fingerprint density at radius 1 is 1.10 bits per heavy atom. The number of methoxy groups -OCH3 is 1. The van der Waals surface area contributed by atoms with Crippen molar-refractivity contribution in [2.45, 2.75) is 86.3 Å². The number of aliphatic hydroxyl groups is 1. The summed E-state index contributed by atoms with van der Waals surface area (Å²) in [5.74, 6) is -3.98. The first-order valence-corrected chi connectivity index (χ1v) is 18.6. The van der Waals surface area contributed by atoms with Crippen LogP contribution < -0.4 is 5.32 Å². The van der Waals surface area contributed by atoms with Crippen molar-refractivity contribution in [2.75, 3.05) is 26.9 Å². The molecule has 11 nitrogen and oxygen atoms in total. The van der Waals surface area contributed by atoms with E-state index in [-0.39, 0.29) is 42.6 Å². The molecule has 3 aliphatic rings. The Kier molecular flexibility index (Phi) is 12.5. The zero-order valence-corrected chi connectivity index (χ0v) is 31.9. The van der Waals surface area contributed by atoms with Crippen molar-refractivity contribution < 1.29 is 38.5 Å². The molecule has 2 aromatic rings. The van der Waals surface area contributed by atoms with Gasteiger partial charge in [-0.05, 0) is 44.7 Å². The van der Waals surface area contributed by atoms with Crippen LogP contribution in [0.1, 0.15) is 63.3 Å². The third-order valence-corrected chi connectivity index (χ3v) is 11.2. The van der Waals surface area contributed by atoms with Gasteiger partial charge in [0.25, 0.3) is 0 Å². The average molecular weight is 781 g/mol. The molecule has 0 aromatic heterocycles. The van der Waals surface area contributed by atoms with Crippen LogP contribution in [-0.2, 0) is 33.4 Å². The number of hydrogen-bond acceptors (Lipinski definition) is 8. The molecule has 2 aromatic carbocycles. The van der Waals surface area contributed by atoms with E-state index < -0.39 is 71.8 Å². The van der Waals surface area contributed by atoms with Crippen LogP contribution in [0.4, 0.5) is 0 Å². The maximum Gasteiger partial charge on any atom is 0.313 e. The molecule has 0 saturated carbocycles. The Balaban J connectivity index is 1.58. The maximum atomic E-state index is 15.0. The number of likely N-dealkylation sites (tertiary alicyclic amines) is 1. The van der Waals surface area contributed by atoms with Crippen LogP contribution in [0.15, 0.2) is 86.0 Å². The van der Waals surface area contributed by atoms with E-state index in [1.54, 1.807) is 65.6 Å². The maximum absolute atomic E-state index is 15.0. The van der Waals surface area contributed by atoms with E-state index in [0.717, 1.165) is 0 Å². The first kappa shape index (κ1) is 39.4. The standard InChI is InChI=1S/C40H50BrN3O8/c1-7-9-20-30(46)42-28(24-50-6)33(26-18-14-11-15-19-26)51-38(49)31-32-36(47)44(29(23-45)25-16-12-10-13-17-25)35(40(32)22-27(41)34(31)52-40)37(48)43(21-8-2)39(3,4)5/h7-8,10-19,27-29,31-35,45H,1-2,9,20-24H2,3-6H3,(H,42,46)/t27?,28-,29-,31-,32+,33-,34-,35-,40+/m1/s1. The third-order valence-electron chi connectivity index (χ3n) is 10.3. The largest absolute Gasteiger partial charge is 0.455 e. The van der Waals surface area contributed by atoms with E-state index in [9.17, 15) is 24.3 Å². The number of nitrogens with zero attached hydrogens (tertiary/aromatic N) is 2. The van der Waals surface area contributed by atoms with Gasteiger partial charge in [0.1, 0.15) is 17.7 Å². The lowest BCUT2D eigenvalue weighted by Crippen LogP contribution is -2.60. The zero-order chi connectivity index (χ0) is 37.8. The number of ether oxygens (including phenoxy) is 3. The van der Waals surface area contributed by atoms with Gasteiger partial charge in [-0.15, -0.1) is 13.2 Å². The summed E-state index contributed by atoms with van der Waals surface area (Å²) in [7, 11) is 1.50. The highest BCUT2D eigenvalue weighted by molar-refractivity contribution is 9.09. The summed E-state index contributed by atoms with van der Waals surface area (Å²) in [6.45, 7) is 13.1. The fourth-order valence-electron chi connectivity index (χ4n) is 8.08. The minimum Gasteiger partial charge on any atom is -0.455 e. The van der Waals surface area contributed by atoms with E-state index in [4.69, 9.17) is 14.2 Å². The average Bonchev–Trinajstić information content (AvgIpc) is 3.72. The number of allylic oxidation sites excluding steroid dienone is 1. The van der Waals surface area contributed by atoms with Gasteiger partial charge < -0.3 is 34.4 Å². The topological polar surface area (TPSA) is 135 Å². The molecule has 2 N–H and O–H groups in total. The molecule has 3 fully saturated rings. The van der Waals surface area contributed by atoms with Crippen LogP contribution in [-0.4, -0.2) is 99.6 Å². The number of alkyl halides is 1. The van der Waals surface area contributed by atoms with E-state index >= 15 is 0 Å². The zero-order valence-electron chi connectivity index (χ0n) is 30.3. The number of amides is 3. The fourth-order valence-corrected chi connectivity index (χ4v) is 9.02. The lowest BCUT2D eigenvalue weighted by Gasteiger charge is -2.43. The van der Waals surface area contributed by atoms with Crippen molar-refractivity contribution in [3.05, 3.63) is 97.1 Å². The third kappa shape index (κ3) is 7.48. The van der Waals surface area contributed by atoms with Gasteiger partial charge in [-0.25, -0.2) is 0 Å². The number of hydrogen-bond donors (Lipinski definition) is 2. The number of carbonyl (C=O) groups excluding carboxylic acids is 4. The predicted octanol–water partition coefficient (Wildman–Crippen LogP) is 4.66. The van der Waals surface area contributed by atoms with E-state index in [0.29, 0.717) is 17.5 Å². The van der Waals surface area contributed by atoms with Gasteiger partial charge in [0.15, 0.2) is 0 Å². The quantitative estimate of drug-likeness (QED) is 0.143. The van der Waals surface area contributed by atoms with Crippen LogP contribution >= 0.6 is 15.9 Å². The Labute approximate surface area is 314 Å². The molecule has 3 heterocycles. The number of fused-ring (bicyclic) bond motifs is 1. The number of esters is 1. The second kappa shape index (κ2) is 16.4. The van der Waals surface area contributed by atoms with Crippen LogP contribution in [0.2, 0.25) is 0 Å². The summed E-state index contributed by atoms with van der Waals surface area (Å²) < 4.78 is 18.6. The Morgan fingerprint density at radius 3 is 2.29 bits per heavy atom. The first-order valence-electron chi connectivity index (χ1n) is 17.7. The molecule has 3 saturated heterocycles. The summed E-state index contributed by atoms with van der Waals surface area (Å²) in [6, 6.07) is 15.3. The van der Waals surface area contributed by atoms with Crippen LogP contribution in [0.5, 0.6) is 0 Å². The molecule has 280 valence electrons. The molecule has 1 unspecified atom stereocenters. The van der Waals surface area contributed by atoms with Crippen LogP contribution in [0, 0.1) is 11.8 Å². The van der Waals surface area contributed by atoms with Crippen LogP contribution in [0.3, 0.4) is 0 Å². The molecule has 0 aliphatic carbocycles. The molecule has 3 amide bonds. The van der Waals surface area contributed by atoms with Crippen molar-refractivity contribution >= 4 is 39.6 Å². The molecule has 9 atom stereocenters. The van der Waals surface area contributed by atoms with Crippen molar-refractivity contribution in [2.24, 2.45) is 11.8 Å². The van der Waals surface area contributed by atoms with Gasteiger partial charge in [-0.2, -0.15) is 0 Å². The molecule has 12 heteroatoms. The molecule has 1 spiro atoms. The lowest BCUT2D eigenvalue weighted by molar-refractivity contribution is -0.163. The number of halogens is 1. The van der Waals surface area contributed by atoms with Crippen molar-refractivity contribution in [3.63, 3.8) is 0 Å². The minimum absolute atomic E-state index is 0.0379. The normalized spacial score (nSPS) is 26.6. The van der Waals surface area contributed by atoms with Crippen molar-refractivity contribution in [1.29, 1.82) is 0 Å². The minimum atomic E-state index is -1.41. The lowest BCUT2D eigenvalue weighted by atomic mass is 9.70. The van der Waals surface area contributed by atoms with Gasteiger partial charge in [0.2, 0.25) is 17.7 Å². The number of benzene rings is 2. The second-order valence-corrected chi connectivity index (χ2v) is 15.8.